The molecule has 1 atom stereocenters. The van der Waals surface area contributed by atoms with Crippen LogP contribution in [0.15, 0.2) is 0 Å². The van der Waals surface area contributed by atoms with E-state index in [-0.39, 0.29) is 0 Å². The zero-order valence-corrected chi connectivity index (χ0v) is 16.8. The second-order valence-corrected chi connectivity index (χ2v) is 8.42. The fraction of sp³-hybridized carbons (Fsp3) is 0.667. The fourth-order valence-electron chi connectivity index (χ4n) is 3.77. The van der Waals surface area contributed by atoms with Gasteiger partial charge >= 0.3 is 0 Å². The van der Waals surface area contributed by atoms with E-state index in [1.54, 1.807) is 4.90 Å². The molecule has 0 saturated heterocycles. The van der Waals surface area contributed by atoms with Gasteiger partial charge < -0.3 is 9.80 Å². The Morgan fingerprint density at radius 3 is 2.69 bits per heavy atom. The monoisotopic (exact) mass is 374 g/mol. The summed E-state index contributed by atoms with van der Waals surface area (Å²) in [5.41, 5.74) is 1.48. The maximum absolute atomic E-state index is 4.92. The van der Waals surface area contributed by atoms with E-state index in [1.807, 2.05) is 15.9 Å². The van der Waals surface area contributed by atoms with Crippen LogP contribution in [-0.4, -0.2) is 51.7 Å². The molecule has 3 aromatic rings. The third-order valence-corrected chi connectivity index (χ3v) is 6.48. The quantitative estimate of drug-likeness (QED) is 0.682. The van der Waals surface area contributed by atoms with Crippen LogP contribution in [0.2, 0.25) is 0 Å². The standard InChI is InChI=1S/C18H27N7S/c1-4-6-9-24(10-7-5-2)16-15-13-8-11-23(3)12-14(13)26-17(15)25-18(19-16)20-21-22-25/h4-12H2,1-3H3/p+1. The van der Waals surface area contributed by atoms with Crippen LogP contribution in [0, 0.1) is 0 Å². The smallest absolute Gasteiger partial charge is 0.276 e. The molecule has 0 aliphatic carbocycles. The molecule has 4 rings (SSSR count). The summed E-state index contributed by atoms with van der Waals surface area (Å²) in [5.74, 6) is 1.71. The molecule has 0 amide bonds. The molecule has 1 N–H and O–H groups in total. The van der Waals surface area contributed by atoms with Crippen LogP contribution in [0.25, 0.3) is 16.0 Å². The Bertz CT molecular complexity index is 892. The van der Waals surface area contributed by atoms with E-state index in [1.165, 1.54) is 48.1 Å². The zero-order chi connectivity index (χ0) is 18.1. The van der Waals surface area contributed by atoms with Crippen molar-refractivity contribution in [2.45, 2.75) is 52.5 Å². The van der Waals surface area contributed by atoms with Crippen molar-refractivity contribution in [1.29, 1.82) is 0 Å². The summed E-state index contributed by atoms with van der Waals surface area (Å²) in [7, 11) is 2.27. The zero-order valence-electron chi connectivity index (χ0n) is 16.0. The molecule has 0 saturated carbocycles. The highest BCUT2D eigenvalue weighted by molar-refractivity contribution is 7.19. The lowest BCUT2D eigenvalue weighted by Gasteiger charge is -2.25. The molecule has 1 unspecified atom stereocenters. The normalized spacial score (nSPS) is 17.1. The van der Waals surface area contributed by atoms with Gasteiger partial charge in [-0.2, -0.15) is 9.50 Å². The van der Waals surface area contributed by atoms with Crippen molar-refractivity contribution < 1.29 is 4.90 Å². The number of thiophene rings is 1. The number of fused-ring (bicyclic) bond motifs is 5. The number of unbranched alkanes of at least 4 members (excludes halogenated alkanes) is 2. The van der Waals surface area contributed by atoms with E-state index < -0.39 is 0 Å². The van der Waals surface area contributed by atoms with Gasteiger partial charge in [0, 0.05) is 19.5 Å². The molecule has 0 bridgehead atoms. The number of rotatable bonds is 7. The van der Waals surface area contributed by atoms with Crippen molar-refractivity contribution in [1.82, 2.24) is 25.0 Å². The third-order valence-electron chi connectivity index (χ3n) is 5.27. The number of aromatic nitrogens is 5. The number of hydrogen-bond acceptors (Lipinski definition) is 6. The highest BCUT2D eigenvalue weighted by atomic mass is 32.1. The van der Waals surface area contributed by atoms with Crippen molar-refractivity contribution >= 4 is 33.1 Å². The van der Waals surface area contributed by atoms with E-state index in [0.29, 0.717) is 5.78 Å². The van der Waals surface area contributed by atoms with Crippen LogP contribution >= 0.6 is 11.3 Å². The molecule has 0 spiro atoms. The maximum atomic E-state index is 4.92. The van der Waals surface area contributed by atoms with Gasteiger partial charge in [0.15, 0.2) is 0 Å². The summed E-state index contributed by atoms with van der Waals surface area (Å²) in [5, 5.41) is 13.5. The van der Waals surface area contributed by atoms with Crippen LogP contribution in [-0.2, 0) is 13.0 Å². The van der Waals surface area contributed by atoms with Crippen LogP contribution in [0.3, 0.4) is 0 Å². The first-order chi connectivity index (χ1) is 12.7. The minimum absolute atomic E-state index is 0.616. The first kappa shape index (κ1) is 17.6. The molecule has 0 aromatic carbocycles. The molecule has 1 aliphatic heterocycles. The Hall–Kier alpha value is -1.80. The number of likely N-dealkylation sites (N-methyl/N-ethyl adjacent to an activating group) is 1. The van der Waals surface area contributed by atoms with E-state index in [9.17, 15) is 0 Å². The van der Waals surface area contributed by atoms with Crippen LogP contribution < -0.4 is 9.80 Å². The van der Waals surface area contributed by atoms with Crippen LogP contribution in [0.5, 0.6) is 0 Å². The third kappa shape index (κ3) is 3.05. The molecule has 1 aliphatic rings. The molecule has 4 heterocycles. The molecular weight excluding hydrogens is 346 g/mol. The Morgan fingerprint density at radius 1 is 1.19 bits per heavy atom. The van der Waals surface area contributed by atoms with Gasteiger partial charge in [0.05, 0.1) is 23.9 Å². The van der Waals surface area contributed by atoms with E-state index >= 15 is 0 Å². The van der Waals surface area contributed by atoms with Crippen molar-refractivity contribution in [3.05, 3.63) is 10.4 Å². The van der Waals surface area contributed by atoms with E-state index in [2.05, 4.69) is 41.3 Å². The molecule has 26 heavy (non-hydrogen) atoms. The number of tetrazole rings is 1. The molecule has 0 radical (unpaired) electrons. The summed E-state index contributed by atoms with van der Waals surface area (Å²) < 4.78 is 1.83. The lowest BCUT2D eigenvalue weighted by Crippen LogP contribution is -3.08. The first-order valence-electron chi connectivity index (χ1n) is 9.81. The minimum atomic E-state index is 0.616. The molecular formula is C18H28N7S+. The average molecular weight is 375 g/mol. The SMILES string of the molecule is CCCCN(CCCC)c1nc2nnnn2c2sc3c(c12)CC[NH+](C)C3. The van der Waals surface area contributed by atoms with E-state index in [0.717, 1.165) is 36.7 Å². The van der Waals surface area contributed by atoms with Gasteiger partial charge in [-0.1, -0.05) is 31.8 Å². The van der Waals surface area contributed by atoms with Crippen molar-refractivity contribution in [2.75, 3.05) is 31.6 Å². The number of quaternary nitrogens is 1. The van der Waals surface area contributed by atoms with Gasteiger partial charge in [-0.25, -0.2) is 0 Å². The lowest BCUT2D eigenvalue weighted by atomic mass is 10.0. The summed E-state index contributed by atoms with van der Waals surface area (Å²) in [6.07, 6.45) is 5.86. The van der Waals surface area contributed by atoms with Gasteiger partial charge in [0.1, 0.15) is 17.2 Å². The average Bonchev–Trinajstić information content (AvgIpc) is 3.24. The molecule has 140 valence electrons. The van der Waals surface area contributed by atoms with Crippen LogP contribution in [0.4, 0.5) is 5.82 Å². The predicted molar refractivity (Wildman–Crippen MR) is 105 cm³/mol. The van der Waals surface area contributed by atoms with Crippen molar-refractivity contribution in [3.63, 3.8) is 0 Å². The highest BCUT2D eigenvalue weighted by Crippen LogP contribution is 2.38. The molecule has 0 fully saturated rings. The number of hydrogen-bond donors (Lipinski definition) is 1. The minimum Gasteiger partial charge on any atom is -0.356 e. The second kappa shape index (κ2) is 7.44. The highest BCUT2D eigenvalue weighted by Gasteiger charge is 2.27. The van der Waals surface area contributed by atoms with Gasteiger partial charge in [-0.15, -0.1) is 11.3 Å². The number of nitrogens with one attached hydrogen (secondary N) is 1. The largest absolute Gasteiger partial charge is 0.356 e. The summed E-state index contributed by atoms with van der Waals surface area (Å²) in [6, 6.07) is 0. The Labute approximate surface area is 158 Å². The van der Waals surface area contributed by atoms with Gasteiger partial charge in [-0.05, 0) is 28.8 Å². The number of nitrogens with zero attached hydrogens (tertiary/aromatic N) is 6. The van der Waals surface area contributed by atoms with Crippen LogP contribution in [0.1, 0.15) is 50.0 Å². The van der Waals surface area contributed by atoms with Gasteiger partial charge in [-0.3, -0.25) is 0 Å². The van der Waals surface area contributed by atoms with Gasteiger partial charge in [0.2, 0.25) is 0 Å². The fourth-order valence-corrected chi connectivity index (χ4v) is 5.17. The lowest BCUT2D eigenvalue weighted by molar-refractivity contribution is -0.895. The topological polar surface area (TPSA) is 63.7 Å². The summed E-state index contributed by atoms with van der Waals surface area (Å²) in [6.45, 7) is 8.85. The first-order valence-corrected chi connectivity index (χ1v) is 10.6. The molecule has 7 nitrogen and oxygen atoms in total. The molecule has 3 aromatic heterocycles. The van der Waals surface area contributed by atoms with E-state index in [4.69, 9.17) is 4.98 Å². The Balaban J connectivity index is 1.90. The Morgan fingerprint density at radius 2 is 1.96 bits per heavy atom. The Kier molecular flexibility index (Phi) is 5.04. The number of anilines is 1. The molecule has 8 heteroatoms. The maximum Gasteiger partial charge on any atom is 0.276 e. The second-order valence-electron chi connectivity index (χ2n) is 7.34. The van der Waals surface area contributed by atoms with Crippen molar-refractivity contribution in [2.24, 2.45) is 0 Å². The van der Waals surface area contributed by atoms with Crippen molar-refractivity contribution in [3.8, 4) is 0 Å². The predicted octanol–water partition coefficient (Wildman–Crippen LogP) is 1.71. The summed E-state index contributed by atoms with van der Waals surface area (Å²) >= 11 is 1.85. The summed E-state index contributed by atoms with van der Waals surface area (Å²) in [4.78, 5) is 11.6. The van der Waals surface area contributed by atoms with Gasteiger partial charge in [0.25, 0.3) is 5.78 Å².